The number of rotatable bonds is 7. The molecule has 5 heteroatoms. The number of halogens is 1. The van der Waals surface area contributed by atoms with Gasteiger partial charge in [0.05, 0.1) is 6.10 Å². The highest BCUT2D eigenvalue weighted by Crippen LogP contribution is 2.20. The van der Waals surface area contributed by atoms with Gasteiger partial charge in [-0.3, -0.25) is 4.79 Å². The summed E-state index contributed by atoms with van der Waals surface area (Å²) in [5.41, 5.74) is 1.76. The van der Waals surface area contributed by atoms with Crippen molar-refractivity contribution in [3.8, 4) is 0 Å². The lowest BCUT2D eigenvalue weighted by molar-refractivity contribution is -0.116. The van der Waals surface area contributed by atoms with Crippen LogP contribution in [0.4, 0.5) is 5.69 Å². The standard InChI is InChI=1S/C18H27ClN2O2/c1-14-6-7-15(13-17(14)19)20-18(22)9-11-21(2)10-8-16-5-3-4-12-23-16/h6-7,13,16H,3-5,8-12H2,1-2H3,(H,20,22)/t16-/m0/s1. The van der Waals surface area contributed by atoms with E-state index in [0.717, 1.165) is 37.4 Å². The molecule has 2 rings (SSSR count). The smallest absolute Gasteiger partial charge is 0.225 e. The van der Waals surface area contributed by atoms with E-state index in [0.29, 0.717) is 17.5 Å². The SMILES string of the molecule is Cc1ccc(NC(=O)CCN(C)CC[C@@H]2CCCCO2)cc1Cl. The molecule has 1 fully saturated rings. The number of aryl methyl sites for hydroxylation is 1. The number of nitrogens with zero attached hydrogens (tertiary/aromatic N) is 1. The van der Waals surface area contributed by atoms with Gasteiger partial charge in [0, 0.05) is 36.8 Å². The fourth-order valence-electron chi connectivity index (χ4n) is 2.70. The second kappa shape index (κ2) is 9.26. The molecule has 1 N–H and O–H groups in total. The van der Waals surface area contributed by atoms with Crippen molar-refractivity contribution >= 4 is 23.2 Å². The number of nitrogens with one attached hydrogen (secondary N) is 1. The molecule has 1 aromatic rings. The minimum Gasteiger partial charge on any atom is -0.378 e. The molecule has 0 unspecified atom stereocenters. The number of anilines is 1. The molecule has 23 heavy (non-hydrogen) atoms. The molecule has 1 saturated heterocycles. The summed E-state index contributed by atoms with van der Waals surface area (Å²) >= 11 is 6.07. The van der Waals surface area contributed by atoms with E-state index in [9.17, 15) is 4.79 Å². The fraction of sp³-hybridized carbons (Fsp3) is 0.611. The Morgan fingerprint density at radius 1 is 1.39 bits per heavy atom. The first-order valence-electron chi connectivity index (χ1n) is 8.41. The second-order valence-electron chi connectivity index (χ2n) is 6.34. The van der Waals surface area contributed by atoms with Crippen molar-refractivity contribution in [2.45, 2.75) is 45.1 Å². The molecule has 0 spiro atoms. The molecular weight excluding hydrogens is 312 g/mol. The van der Waals surface area contributed by atoms with Crippen molar-refractivity contribution in [1.29, 1.82) is 0 Å². The van der Waals surface area contributed by atoms with Crippen LogP contribution in [0.25, 0.3) is 0 Å². The Bertz CT molecular complexity index is 516. The lowest BCUT2D eigenvalue weighted by Gasteiger charge is -2.25. The van der Waals surface area contributed by atoms with Gasteiger partial charge in [-0.25, -0.2) is 0 Å². The van der Waals surface area contributed by atoms with Crippen LogP contribution in [-0.2, 0) is 9.53 Å². The van der Waals surface area contributed by atoms with Crippen LogP contribution in [0.15, 0.2) is 18.2 Å². The molecule has 0 aromatic heterocycles. The van der Waals surface area contributed by atoms with E-state index in [4.69, 9.17) is 16.3 Å². The molecule has 1 atom stereocenters. The highest BCUT2D eigenvalue weighted by atomic mass is 35.5. The van der Waals surface area contributed by atoms with E-state index in [2.05, 4.69) is 17.3 Å². The predicted molar refractivity (Wildman–Crippen MR) is 95.1 cm³/mol. The molecule has 1 aromatic carbocycles. The van der Waals surface area contributed by atoms with Gasteiger partial charge in [-0.1, -0.05) is 17.7 Å². The molecule has 0 aliphatic carbocycles. The van der Waals surface area contributed by atoms with Crippen LogP contribution in [-0.4, -0.2) is 43.7 Å². The minimum absolute atomic E-state index is 0.0192. The van der Waals surface area contributed by atoms with Crippen molar-refractivity contribution in [2.75, 3.05) is 32.1 Å². The zero-order chi connectivity index (χ0) is 16.7. The molecule has 0 bridgehead atoms. The monoisotopic (exact) mass is 338 g/mol. The molecule has 0 radical (unpaired) electrons. The number of hydrogen-bond donors (Lipinski definition) is 1. The molecule has 1 amide bonds. The highest BCUT2D eigenvalue weighted by Gasteiger charge is 2.14. The Morgan fingerprint density at radius 3 is 2.91 bits per heavy atom. The molecule has 1 heterocycles. The van der Waals surface area contributed by atoms with E-state index in [1.54, 1.807) is 6.07 Å². The first-order chi connectivity index (χ1) is 11.0. The van der Waals surface area contributed by atoms with E-state index >= 15 is 0 Å². The van der Waals surface area contributed by atoms with Crippen molar-refractivity contribution in [3.05, 3.63) is 28.8 Å². The number of benzene rings is 1. The van der Waals surface area contributed by atoms with Crippen molar-refractivity contribution < 1.29 is 9.53 Å². The number of amides is 1. The Labute approximate surface area is 144 Å². The van der Waals surface area contributed by atoms with Gasteiger partial charge >= 0.3 is 0 Å². The Kier molecular flexibility index (Phi) is 7.34. The topological polar surface area (TPSA) is 41.6 Å². The summed E-state index contributed by atoms with van der Waals surface area (Å²) < 4.78 is 5.74. The second-order valence-corrected chi connectivity index (χ2v) is 6.75. The zero-order valence-corrected chi connectivity index (χ0v) is 14.9. The summed E-state index contributed by atoms with van der Waals surface area (Å²) in [4.78, 5) is 14.2. The van der Waals surface area contributed by atoms with Crippen LogP contribution in [0.2, 0.25) is 5.02 Å². The van der Waals surface area contributed by atoms with Crippen LogP contribution in [0, 0.1) is 6.92 Å². The maximum atomic E-state index is 12.0. The predicted octanol–water partition coefficient (Wildman–Crippen LogP) is 3.87. The average molecular weight is 339 g/mol. The Balaban J connectivity index is 1.65. The molecular formula is C18H27ClN2O2. The Hall–Kier alpha value is -1.10. The van der Waals surface area contributed by atoms with E-state index in [1.165, 1.54) is 19.3 Å². The normalized spacial score (nSPS) is 18.2. The van der Waals surface area contributed by atoms with Crippen LogP contribution in [0.3, 0.4) is 0 Å². The van der Waals surface area contributed by atoms with Gasteiger partial charge in [0.25, 0.3) is 0 Å². The van der Waals surface area contributed by atoms with Gasteiger partial charge in [-0.05, 0) is 57.4 Å². The molecule has 128 valence electrons. The maximum absolute atomic E-state index is 12.0. The van der Waals surface area contributed by atoms with Gasteiger partial charge in [-0.2, -0.15) is 0 Å². The van der Waals surface area contributed by atoms with Crippen LogP contribution >= 0.6 is 11.6 Å². The van der Waals surface area contributed by atoms with Crippen molar-refractivity contribution in [2.24, 2.45) is 0 Å². The lowest BCUT2D eigenvalue weighted by atomic mass is 10.1. The highest BCUT2D eigenvalue weighted by molar-refractivity contribution is 6.31. The number of carbonyl (C=O) groups excluding carboxylic acids is 1. The molecule has 1 aliphatic rings. The third-order valence-corrected chi connectivity index (χ3v) is 4.69. The van der Waals surface area contributed by atoms with Crippen LogP contribution < -0.4 is 5.32 Å². The quantitative estimate of drug-likeness (QED) is 0.820. The van der Waals surface area contributed by atoms with Gasteiger partial charge in [-0.15, -0.1) is 0 Å². The maximum Gasteiger partial charge on any atom is 0.225 e. The van der Waals surface area contributed by atoms with Crippen LogP contribution in [0.1, 0.15) is 37.7 Å². The van der Waals surface area contributed by atoms with Gasteiger partial charge in [0.2, 0.25) is 5.91 Å². The summed E-state index contributed by atoms with van der Waals surface area (Å²) in [6, 6.07) is 5.58. The van der Waals surface area contributed by atoms with Gasteiger partial charge in [0.1, 0.15) is 0 Å². The van der Waals surface area contributed by atoms with Crippen LogP contribution in [0.5, 0.6) is 0 Å². The summed E-state index contributed by atoms with van der Waals surface area (Å²) in [6.45, 7) is 4.56. The molecule has 0 saturated carbocycles. The first-order valence-corrected chi connectivity index (χ1v) is 8.78. The van der Waals surface area contributed by atoms with Gasteiger partial charge < -0.3 is 15.0 Å². The number of ether oxygens (including phenoxy) is 1. The number of carbonyl (C=O) groups is 1. The number of hydrogen-bond acceptors (Lipinski definition) is 3. The average Bonchev–Trinajstić information content (AvgIpc) is 2.55. The molecule has 1 aliphatic heterocycles. The summed E-state index contributed by atoms with van der Waals surface area (Å²) in [5, 5.41) is 3.57. The van der Waals surface area contributed by atoms with Crippen molar-refractivity contribution in [3.63, 3.8) is 0 Å². The van der Waals surface area contributed by atoms with Crippen molar-refractivity contribution in [1.82, 2.24) is 4.90 Å². The zero-order valence-electron chi connectivity index (χ0n) is 14.1. The van der Waals surface area contributed by atoms with E-state index < -0.39 is 0 Å². The fourth-order valence-corrected chi connectivity index (χ4v) is 2.88. The third-order valence-electron chi connectivity index (χ3n) is 4.28. The first kappa shape index (κ1) is 18.2. The summed E-state index contributed by atoms with van der Waals surface area (Å²) in [5.74, 6) is 0.0192. The summed E-state index contributed by atoms with van der Waals surface area (Å²) in [6.07, 6.45) is 5.56. The summed E-state index contributed by atoms with van der Waals surface area (Å²) in [7, 11) is 2.05. The Morgan fingerprint density at radius 2 is 2.22 bits per heavy atom. The van der Waals surface area contributed by atoms with Gasteiger partial charge in [0.15, 0.2) is 0 Å². The third kappa shape index (κ3) is 6.50. The largest absolute Gasteiger partial charge is 0.378 e. The molecule has 4 nitrogen and oxygen atoms in total. The lowest BCUT2D eigenvalue weighted by Crippen LogP contribution is -2.29. The van der Waals surface area contributed by atoms with E-state index in [-0.39, 0.29) is 5.91 Å². The van der Waals surface area contributed by atoms with E-state index in [1.807, 2.05) is 19.1 Å². The minimum atomic E-state index is 0.0192.